The third kappa shape index (κ3) is 2.85. The topological polar surface area (TPSA) is 113 Å². The van der Waals surface area contributed by atoms with E-state index in [4.69, 9.17) is 0 Å². The highest BCUT2D eigenvalue weighted by molar-refractivity contribution is 6.24. The summed E-state index contributed by atoms with van der Waals surface area (Å²) >= 11 is 0. The number of carbonyl (C=O) groups excluding carboxylic acids is 3. The van der Waals surface area contributed by atoms with Gasteiger partial charge >= 0.3 is 0 Å². The van der Waals surface area contributed by atoms with Gasteiger partial charge in [-0.3, -0.25) is 29.5 Å². The van der Waals surface area contributed by atoms with Crippen molar-refractivity contribution in [1.82, 2.24) is 5.01 Å². The number of fused-ring (bicyclic) bond motifs is 3. The first-order valence-corrected chi connectivity index (χ1v) is 10.1. The number of rotatable bonds is 4. The Hall–Kier alpha value is -4.14. The third-order valence-corrected chi connectivity index (χ3v) is 6.19. The number of aryl methyl sites for hydroxylation is 1. The molecule has 2 saturated heterocycles. The number of hydrogen-bond acceptors (Lipinski definition) is 7. The molecular weight excluding hydrogens is 412 g/mol. The molecule has 2 fully saturated rings. The van der Waals surface area contributed by atoms with Crippen LogP contribution in [0.25, 0.3) is 0 Å². The number of hydrazone groups is 1. The number of anilines is 1. The van der Waals surface area contributed by atoms with E-state index in [0.717, 1.165) is 10.5 Å². The molecular formula is C23H18N4O5. The van der Waals surface area contributed by atoms with E-state index in [2.05, 4.69) is 5.10 Å². The van der Waals surface area contributed by atoms with E-state index in [9.17, 15) is 24.5 Å². The van der Waals surface area contributed by atoms with Crippen LogP contribution in [0.5, 0.6) is 0 Å². The van der Waals surface area contributed by atoms with Gasteiger partial charge in [0.2, 0.25) is 11.8 Å². The molecule has 0 unspecified atom stereocenters. The minimum atomic E-state index is -1.04. The highest BCUT2D eigenvalue weighted by atomic mass is 16.6. The van der Waals surface area contributed by atoms with Gasteiger partial charge in [-0.05, 0) is 25.1 Å². The van der Waals surface area contributed by atoms with Crippen LogP contribution in [0.15, 0.2) is 65.8 Å². The standard InChI is InChI=1S/C23H18N4O5/c1-13-7-9-15(10-8-13)25-22(29)18-17-6-3-11-24-26(17)20(19(18)23(25)30)21(28)14-4-2-5-16(12-14)27(31)32/h2-12,17-20H,1H3/t17-,18+,19-,20+/m1/s1. The Morgan fingerprint density at radius 3 is 2.50 bits per heavy atom. The molecule has 4 atom stereocenters. The van der Waals surface area contributed by atoms with Gasteiger partial charge in [-0.1, -0.05) is 35.9 Å². The molecule has 0 aromatic heterocycles. The van der Waals surface area contributed by atoms with Gasteiger partial charge < -0.3 is 0 Å². The van der Waals surface area contributed by atoms with Crippen LogP contribution in [0.3, 0.4) is 0 Å². The van der Waals surface area contributed by atoms with Crippen LogP contribution in [0, 0.1) is 28.9 Å². The summed E-state index contributed by atoms with van der Waals surface area (Å²) in [6, 6.07) is 10.8. The monoisotopic (exact) mass is 430 g/mol. The van der Waals surface area contributed by atoms with Crippen LogP contribution in [-0.2, 0) is 9.59 Å². The van der Waals surface area contributed by atoms with E-state index in [1.54, 1.807) is 24.3 Å². The second-order valence-corrected chi connectivity index (χ2v) is 8.04. The average molecular weight is 430 g/mol. The Kier molecular flexibility index (Phi) is 4.47. The second kappa shape index (κ2) is 7.23. The smallest absolute Gasteiger partial charge is 0.270 e. The molecule has 160 valence electrons. The lowest BCUT2D eigenvalue weighted by atomic mass is 9.86. The molecule has 5 rings (SSSR count). The van der Waals surface area contributed by atoms with Crippen LogP contribution >= 0.6 is 0 Å². The van der Waals surface area contributed by atoms with Crippen molar-refractivity contribution < 1.29 is 19.3 Å². The van der Waals surface area contributed by atoms with Crippen molar-refractivity contribution in [1.29, 1.82) is 0 Å². The van der Waals surface area contributed by atoms with Gasteiger partial charge in [0.05, 0.1) is 28.5 Å². The number of ketones is 1. The Morgan fingerprint density at radius 2 is 1.78 bits per heavy atom. The number of hydrogen-bond donors (Lipinski definition) is 0. The molecule has 0 spiro atoms. The van der Waals surface area contributed by atoms with Crippen molar-refractivity contribution in [2.45, 2.75) is 19.0 Å². The van der Waals surface area contributed by atoms with E-state index >= 15 is 0 Å². The lowest BCUT2D eigenvalue weighted by Gasteiger charge is -2.30. The Morgan fingerprint density at radius 1 is 1.06 bits per heavy atom. The van der Waals surface area contributed by atoms with Crippen molar-refractivity contribution in [2.24, 2.45) is 16.9 Å². The second-order valence-electron chi connectivity index (χ2n) is 8.04. The maximum atomic E-state index is 13.5. The fourth-order valence-electron chi connectivity index (χ4n) is 4.73. The summed E-state index contributed by atoms with van der Waals surface area (Å²) in [6.07, 6.45) is 4.94. The highest BCUT2D eigenvalue weighted by Gasteiger charge is 2.64. The quantitative estimate of drug-likeness (QED) is 0.319. The minimum absolute atomic E-state index is 0.0994. The predicted octanol–water partition coefficient (Wildman–Crippen LogP) is 2.50. The molecule has 9 heteroatoms. The molecule has 3 aliphatic rings. The van der Waals surface area contributed by atoms with Crippen molar-refractivity contribution in [2.75, 3.05) is 4.90 Å². The van der Waals surface area contributed by atoms with Crippen LogP contribution in [0.1, 0.15) is 15.9 Å². The third-order valence-electron chi connectivity index (χ3n) is 6.19. The van der Waals surface area contributed by atoms with Gasteiger partial charge in [0.1, 0.15) is 6.04 Å². The summed E-state index contributed by atoms with van der Waals surface area (Å²) in [4.78, 5) is 52.1. The maximum absolute atomic E-state index is 13.5. The molecule has 3 heterocycles. The molecule has 2 amide bonds. The zero-order valence-electron chi connectivity index (χ0n) is 17.0. The molecule has 9 nitrogen and oxygen atoms in total. The first kappa shape index (κ1) is 19.8. The largest absolute Gasteiger partial charge is 0.292 e. The van der Waals surface area contributed by atoms with Crippen LogP contribution in [0.2, 0.25) is 0 Å². The average Bonchev–Trinajstić information content (AvgIpc) is 3.27. The molecule has 2 aromatic rings. The van der Waals surface area contributed by atoms with E-state index in [1.807, 2.05) is 19.1 Å². The van der Waals surface area contributed by atoms with Gasteiger partial charge in [0.15, 0.2) is 5.78 Å². The summed E-state index contributed by atoms with van der Waals surface area (Å²) in [5.41, 5.74) is 1.32. The van der Waals surface area contributed by atoms with Gasteiger partial charge in [-0.15, -0.1) is 0 Å². The summed E-state index contributed by atoms with van der Waals surface area (Å²) in [5.74, 6) is -3.04. The van der Waals surface area contributed by atoms with E-state index < -0.39 is 40.5 Å². The first-order chi connectivity index (χ1) is 15.4. The minimum Gasteiger partial charge on any atom is -0.292 e. The molecule has 32 heavy (non-hydrogen) atoms. The fraction of sp³-hybridized carbons (Fsp3) is 0.217. The fourth-order valence-corrected chi connectivity index (χ4v) is 4.73. The zero-order chi connectivity index (χ0) is 22.6. The van der Waals surface area contributed by atoms with Gasteiger partial charge in [-0.25, -0.2) is 4.90 Å². The number of nitrogens with zero attached hydrogens (tertiary/aromatic N) is 4. The van der Waals surface area contributed by atoms with Crippen LogP contribution in [0.4, 0.5) is 11.4 Å². The molecule has 0 N–H and O–H groups in total. The lowest BCUT2D eigenvalue weighted by molar-refractivity contribution is -0.384. The summed E-state index contributed by atoms with van der Waals surface area (Å²) < 4.78 is 0. The Labute approximate surface area is 182 Å². The maximum Gasteiger partial charge on any atom is 0.270 e. The molecule has 3 aliphatic heterocycles. The number of carbonyl (C=O) groups is 3. The number of benzene rings is 2. The summed E-state index contributed by atoms with van der Waals surface area (Å²) in [5, 5.41) is 16.9. The van der Waals surface area contributed by atoms with Crippen molar-refractivity contribution in [3.63, 3.8) is 0 Å². The normalized spacial score (nSPS) is 25.8. The lowest BCUT2D eigenvalue weighted by Crippen LogP contribution is -2.46. The zero-order valence-corrected chi connectivity index (χ0v) is 17.0. The number of allylic oxidation sites excluding steroid dienone is 1. The summed E-state index contributed by atoms with van der Waals surface area (Å²) in [7, 11) is 0. The number of nitro benzene ring substituents is 1. The Bertz CT molecular complexity index is 1220. The van der Waals surface area contributed by atoms with E-state index in [-0.39, 0.29) is 17.2 Å². The first-order valence-electron chi connectivity index (χ1n) is 10.1. The molecule has 0 bridgehead atoms. The molecule has 0 saturated carbocycles. The van der Waals surface area contributed by atoms with Gasteiger partial charge in [0.25, 0.3) is 5.69 Å². The van der Waals surface area contributed by atoms with E-state index in [1.165, 1.54) is 35.5 Å². The molecule has 0 radical (unpaired) electrons. The van der Waals surface area contributed by atoms with E-state index in [0.29, 0.717) is 5.69 Å². The van der Waals surface area contributed by atoms with Crippen molar-refractivity contribution in [3.05, 3.63) is 81.9 Å². The number of amides is 2. The van der Waals surface area contributed by atoms with Gasteiger partial charge in [-0.2, -0.15) is 5.10 Å². The van der Waals surface area contributed by atoms with Gasteiger partial charge in [0, 0.05) is 23.9 Å². The highest BCUT2D eigenvalue weighted by Crippen LogP contribution is 2.46. The van der Waals surface area contributed by atoms with Crippen LogP contribution < -0.4 is 4.90 Å². The SMILES string of the molecule is Cc1ccc(N2C(=O)[C@@H]3[C@@H](C2=O)[C@@H](C(=O)c2cccc([N+](=O)[O-])c2)N2N=CC=C[C@H]32)cc1. The van der Waals surface area contributed by atoms with Crippen molar-refractivity contribution >= 4 is 35.2 Å². The number of Topliss-reactive ketones (excluding diaryl/α,β-unsaturated/α-hetero) is 1. The number of non-ortho nitro benzene ring substituents is 1. The number of nitro groups is 1. The summed E-state index contributed by atoms with van der Waals surface area (Å²) in [6.45, 7) is 1.91. The predicted molar refractivity (Wildman–Crippen MR) is 115 cm³/mol. The number of imide groups is 1. The molecule has 0 aliphatic carbocycles. The van der Waals surface area contributed by atoms with Crippen LogP contribution in [-0.4, -0.2) is 45.8 Å². The Balaban J connectivity index is 1.57. The molecule has 2 aromatic carbocycles. The van der Waals surface area contributed by atoms with Crippen molar-refractivity contribution in [3.8, 4) is 0 Å².